The Hall–Kier alpha value is -2.05. The predicted octanol–water partition coefficient (Wildman–Crippen LogP) is 4.22. The molecule has 0 saturated heterocycles. The van der Waals surface area contributed by atoms with E-state index >= 15 is 0 Å². The molecule has 0 atom stereocenters. The molecule has 0 aliphatic heterocycles. The van der Waals surface area contributed by atoms with E-state index < -0.39 is 5.97 Å². The molecule has 7 heteroatoms. The lowest BCUT2D eigenvalue weighted by molar-refractivity contribution is -0.118. The van der Waals surface area contributed by atoms with Crippen LogP contribution >= 0.6 is 27.5 Å². The van der Waals surface area contributed by atoms with Crippen LogP contribution < -0.4 is 10.1 Å². The summed E-state index contributed by atoms with van der Waals surface area (Å²) in [6, 6.07) is 10.0. The molecule has 0 aliphatic rings. The summed E-state index contributed by atoms with van der Waals surface area (Å²) in [6.45, 7) is 1.77. The second-order valence-electron chi connectivity index (χ2n) is 4.93. The van der Waals surface area contributed by atoms with E-state index in [9.17, 15) is 9.59 Å². The van der Waals surface area contributed by atoms with E-state index in [1.54, 1.807) is 12.1 Å². The molecule has 2 aromatic rings. The molecule has 2 aromatic carbocycles. The highest BCUT2D eigenvalue weighted by atomic mass is 79.9. The fraction of sp³-hybridized carbons (Fsp3) is 0.176. The first-order valence-corrected chi connectivity index (χ1v) is 8.14. The predicted molar refractivity (Wildman–Crippen MR) is 95.8 cm³/mol. The number of halogens is 2. The van der Waals surface area contributed by atoms with E-state index in [0.717, 1.165) is 10.0 Å². The number of hydrogen-bond donors (Lipinski definition) is 1. The number of anilines is 1. The third-order valence-electron chi connectivity index (χ3n) is 3.15. The normalized spacial score (nSPS) is 10.2. The summed E-state index contributed by atoms with van der Waals surface area (Å²) in [7, 11) is 1.26. The van der Waals surface area contributed by atoms with Gasteiger partial charge >= 0.3 is 5.97 Å². The van der Waals surface area contributed by atoms with Gasteiger partial charge in [-0.25, -0.2) is 4.79 Å². The number of amides is 1. The number of hydrogen-bond acceptors (Lipinski definition) is 4. The van der Waals surface area contributed by atoms with Crippen LogP contribution in [0.15, 0.2) is 40.9 Å². The van der Waals surface area contributed by atoms with E-state index in [4.69, 9.17) is 16.3 Å². The number of ether oxygens (including phenoxy) is 2. The lowest BCUT2D eigenvalue weighted by Crippen LogP contribution is -2.20. The van der Waals surface area contributed by atoms with E-state index in [-0.39, 0.29) is 23.1 Å². The number of aryl methyl sites for hydroxylation is 1. The lowest BCUT2D eigenvalue weighted by atomic mass is 10.2. The Morgan fingerprint density at radius 2 is 1.96 bits per heavy atom. The number of methoxy groups -OCH3 is 1. The van der Waals surface area contributed by atoms with Gasteiger partial charge in [-0.15, -0.1) is 0 Å². The van der Waals surface area contributed by atoms with Gasteiger partial charge in [0, 0.05) is 10.2 Å². The quantitative estimate of drug-likeness (QED) is 0.747. The number of rotatable bonds is 5. The molecule has 126 valence electrons. The van der Waals surface area contributed by atoms with E-state index in [2.05, 4.69) is 26.0 Å². The fourth-order valence-corrected chi connectivity index (χ4v) is 2.36. The molecule has 0 heterocycles. The summed E-state index contributed by atoms with van der Waals surface area (Å²) in [4.78, 5) is 23.6. The second-order valence-corrected chi connectivity index (χ2v) is 6.20. The van der Waals surface area contributed by atoms with Crippen LogP contribution in [0.5, 0.6) is 5.75 Å². The van der Waals surface area contributed by atoms with Gasteiger partial charge < -0.3 is 14.8 Å². The van der Waals surface area contributed by atoms with Crippen molar-refractivity contribution in [3.63, 3.8) is 0 Å². The Balaban J connectivity index is 1.99. The minimum atomic E-state index is -0.572. The summed E-state index contributed by atoms with van der Waals surface area (Å²) < 4.78 is 11.1. The summed E-state index contributed by atoms with van der Waals surface area (Å²) in [5.74, 6) is -0.330. The van der Waals surface area contributed by atoms with Crippen molar-refractivity contribution in [3.05, 3.63) is 57.0 Å². The number of carbonyl (C=O) groups excluding carboxylic acids is 2. The third kappa shape index (κ3) is 4.72. The first kappa shape index (κ1) is 18.3. The van der Waals surface area contributed by atoms with Gasteiger partial charge in [0.15, 0.2) is 6.61 Å². The van der Waals surface area contributed by atoms with Crippen molar-refractivity contribution in [2.45, 2.75) is 6.92 Å². The molecule has 1 amide bonds. The molecule has 0 bridgehead atoms. The maximum absolute atomic E-state index is 12.0. The highest BCUT2D eigenvalue weighted by Crippen LogP contribution is 2.23. The molecule has 0 fully saturated rings. The maximum Gasteiger partial charge on any atom is 0.339 e. The lowest BCUT2D eigenvalue weighted by Gasteiger charge is -2.10. The van der Waals surface area contributed by atoms with E-state index in [1.807, 2.05) is 19.1 Å². The van der Waals surface area contributed by atoms with Crippen LogP contribution in [0.3, 0.4) is 0 Å². The summed E-state index contributed by atoms with van der Waals surface area (Å²) in [6.07, 6.45) is 0. The average Bonchev–Trinajstić information content (AvgIpc) is 2.57. The number of nitrogens with one attached hydrogen (secondary N) is 1. The largest absolute Gasteiger partial charge is 0.484 e. The Morgan fingerprint density at radius 1 is 1.21 bits per heavy atom. The van der Waals surface area contributed by atoms with Crippen molar-refractivity contribution in [3.8, 4) is 5.75 Å². The molecular weight excluding hydrogens is 398 g/mol. The van der Waals surface area contributed by atoms with Crippen LogP contribution in [0.25, 0.3) is 0 Å². The first-order chi connectivity index (χ1) is 11.4. The molecule has 0 saturated carbocycles. The van der Waals surface area contributed by atoms with Crippen LogP contribution in [0.4, 0.5) is 5.69 Å². The van der Waals surface area contributed by atoms with Crippen molar-refractivity contribution < 1.29 is 19.1 Å². The van der Waals surface area contributed by atoms with Crippen molar-refractivity contribution in [2.24, 2.45) is 0 Å². The molecule has 0 aromatic heterocycles. The Morgan fingerprint density at radius 3 is 2.62 bits per heavy atom. The Labute approximate surface area is 153 Å². The third-order valence-corrected chi connectivity index (χ3v) is 4.37. The molecular formula is C17H15BrClNO4. The topological polar surface area (TPSA) is 64.6 Å². The molecule has 0 spiro atoms. The summed E-state index contributed by atoms with van der Waals surface area (Å²) in [5.41, 5.74) is 1.62. The van der Waals surface area contributed by atoms with Gasteiger partial charge in [0.2, 0.25) is 0 Å². The number of carbonyl (C=O) groups is 2. The number of benzene rings is 2. The average molecular weight is 413 g/mol. The number of esters is 1. The van der Waals surface area contributed by atoms with Gasteiger partial charge in [-0.3, -0.25) is 4.79 Å². The molecule has 1 N–H and O–H groups in total. The van der Waals surface area contributed by atoms with Crippen molar-refractivity contribution in [1.29, 1.82) is 0 Å². The van der Waals surface area contributed by atoms with Crippen LogP contribution in [0.2, 0.25) is 5.02 Å². The van der Waals surface area contributed by atoms with Crippen LogP contribution in [-0.4, -0.2) is 25.6 Å². The van der Waals surface area contributed by atoms with Crippen molar-refractivity contribution in [1.82, 2.24) is 0 Å². The second kappa shape index (κ2) is 8.17. The van der Waals surface area contributed by atoms with Crippen LogP contribution in [0.1, 0.15) is 15.9 Å². The van der Waals surface area contributed by atoms with Crippen molar-refractivity contribution in [2.75, 3.05) is 19.0 Å². The molecule has 0 aliphatic carbocycles. The maximum atomic E-state index is 12.0. The zero-order valence-electron chi connectivity index (χ0n) is 13.1. The standard InChI is InChI=1S/C17H15BrClNO4/c1-10-7-12(4-5-14(10)18)24-9-16(21)20-11-3-6-15(19)13(8-11)17(22)23-2/h3-8H,9H2,1-2H3,(H,20,21). The Bertz CT molecular complexity index is 779. The zero-order valence-corrected chi connectivity index (χ0v) is 15.4. The Kier molecular flexibility index (Phi) is 6.23. The molecule has 0 radical (unpaired) electrons. The molecule has 5 nitrogen and oxygen atoms in total. The molecule has 2 rings (SSSR count). The van der Waals surface area contributed by atoms with Gasteiger partial charge in [-0.2, -0.15) is 0 Å². The minimum Gasteiger partial charge on any atom is -0.484 e. The highest BCUT2D eigenvalue weighted by Gasteiger charge is 2.13. The minimum absolute atomic E-state index is 0.155. The van der Waals surface area contributed by atoms with Gasteiger partial charge in [-0.1, -0.05) is 27.5 Å². The first-order valence-electron chi connectivity index (χ1n) is 6.97. The monoisotopic (exact) mass is 411 g/mol. The SMILES string of the molecule is COC(=O)c1cc(NC(=O)COc2ccc(Br)c(C)c2)ccc1Cl. The summed E-state index contributed by atoms with van der Waals surface area (Å²) >= 11 is 9.33. The van der Waals surface area contributed by atoms with Gasteiger partial charge in [0.1, 0.15) is 5.75 Å². The van der Waals surface area contributed by atoms with E-state index in [0.29, 0.717) is 11.4 Å². The molecule has 24 heavy (non-hydrogen) atoms. The zero-order chi connectivity index (χ0) is 17.7. The van der Waals surface area contributed by atoms with Crippen LogP contribution in [0, 0.1) is 6.92 Å². The van der Waals surface area contributed by atoms with Gasteiger partial charge in [0.05, 0.1) is 17.7 Å². The van der Waals surface area contributed by atoms with Crippen LogP contribution in [-0.2, 0) is 9.53 Å². The summed E-state index contributed by atoms with van der Waals surface area (Å²) in [5, 5.41) is 2.90. The highest BCUT2D eigenvalue weighted by molar-refractivity contribution is 9.10. The smallest absolute Gasteiger partial charge is 0.339 e. The van der Waals surface area contributed by atoms with E-state index in [1.165, 1.54) is 19.2 Å². The molecule has 0 unspecified atom stereocenters. The van der Waals surface area contributed by atoms with Gasteiger partial charge in [0.25, 0.3) is 5.91 Å². The van der Waals surface area contributed by atoms with Crippen molar-refractivity contribution >= 4 is 45.1 Å². The van der Waals surface area contributed by atoms with Gasteiger partial charge in [-0.05, 0) is 48.9 Å². The fourth-order valence-electron chi connectivity index (χ4n) is 1.92.